The lowest BCUT2D eigenvalue weighted by Gasteiger charge is -2.25. The van der Waals surface area contributed by atoms with E-state index >= 15 is 0 Å². The Balaban J connectivity index is 1.51. The van der Waals surface area contributed by atoms with Gasteiger partial charge >= 0.3 is 0 Å². The molecule has 0 aliphatic heterocycles. The maximum Gasteiger partial charge on any atom is 0.141 e. The molecule has 102 valence electrons. The highest BCUT2D eigenvalue weighted by Crippen LogP contribution is 2.68. The number of Topliss-reactive ketones (excluding diaryl/α,β-unsaturated/α-hetero) is 2. The Labute approximate surface area is 118 Å². The van der Waals surface area contributed by atoms with Crippen LogP contribution >= 0.6 is 0 Å². The molecule has 0 aromatic heterocycles. The zero-order chi connectivity index (χ0) is 13.2. The van der Waals surface area contributed by atoms with Gasteiger partial charge in [0.2, 0.25) is 0 Å². The van der Waals surface area contributed by atoms with Crippen molar-refractivity contribution in [1.82, 2.24) is 0 Å². The first-order valence-electron chi connectivity index (χ1n) is 8.20. The van der Waals surface area contributed by atoms with Crippen molar-refractivity contribution in [2.75, 3.05) is 0 Å². The molecule has 6 aliphatic carbocycles. The van der Waals surface area contributed by atoms with Crippen molar-refractivity contribution in [3.63, 3.8) is 0 Å². The van der Waals surface area contributed by atoms with Gasteiger partial charge in [0, 0.05) is 23.7 Å². The summed E-state index contributed by atoms with van der Waals surface area (Å²) in [4.78, 5) is 26.0. The first-order valence-corrected chi connectivity index (χ1v) is 8.20. The number of fused-ring (bicyclic) bond motifs is 13. The molecule has 4 bridgehead atoms. The number of carbonyl (C=O) groups is 2. The number of hydrogen-bond donors (Lipinski definition) is 0. The number of allylic oxidation sites excluding steroid dienone is 4. The van der Waals surface area contributed by atoms with E-state index in [-0.39, 0.29) is 23.7 Å². The molecular formula is C18H18O2. The highest BCUT2D eigenvalue weighted by atomic mass is 16.1. The quantitative estimate of drug-likeness (QED) is 0.630. The van der Waals surface area contributed by atoms with Crippen LogP contribution in [0.1, 0.15) is 12.8 Å². The molecule has 0 spiro atoms. The Bertz CT molecular complexity index is 561. The summed E-state index contributed by atoms with van der Waals surface area (Å²) in [6.45, 7) is 0. The van der Waals surface area contributed by atoms with Crippen molar-refractivity contribution >= 4 is 11.6 Å². The van der Waals surface area contributed by atoms with E-state index in [0.29, 0.717) is 47.1 Å². The third-order valence-electron chi connectivity index (χ3n) is 7.57. The molecule has 0 heterocycles. The smallest absolute Gasteiger partial charge is 0.141 e. The average molecular weight is 266 g/mol. The minimum Gasteiger partial charge on any atom is -0.299 e. The van der Waals surface area contributed by atoms with Crippen LogP contribution in [0.15, 0.2) is 24.3 Å². The van der Waals surface area contributed by atoms with E-state index in [1.54, 1.807) is 0 Å². The number of carbonyl (C=O) groups excluding carboxylic acids is 2. The van der Waals surface area contributed by atoms with Gasteiger partial charge in [-0.3, -0.25) is 9.59 Å². The Hall–Kier alpha value is -1.18. The Morgan fingerprint density at radius 2 is 1.00 bits per heavy atom. The van der Waals surface area contributed by atoms with E-state index in [0.717, 1.165) is 12.8 Å². The predicted molar refractivity (Wildman–Crippen MR) is 72.4 cm³/mol. The molecule has 2 nitrogen and oxygen atoms in total. The van der Waals surface area contributed by atoms with Crippen molar-refractivity contribution in [2.24, 2.45) is 59.2 Å². The lowest BCUT2D eigenvalue weighted by molar-refractivity contribution is -0.127. The second-order valence-corrected chi connectivity index (χ2v) is 7.96. The Morgan fingerprint density at radius 3 is 1.45 bits per heavy atom. The predicted octanol–water partition coefficient (Wildman–Crippen LogP) is 2.26. The molecule has 4 fully saturated rings. The average Bonchev–Trinajstić information content (AvgIpc) is 3.21. The summed E-state index contributed by atoms with van der Waals surface area (Å²) in [5, 5.41) is 0. The molecule has 6 aliphatic rings. The van der Waals surface area contributed by atoms with Gasteiger partial charge in [0.1, 0.15) is 11.6 Å². The van der Waals surface area contributed by atoms with Crippen LogP contribution < -0.4 is 0 Å². The minimum atomic E-state index is 0.0904. The fourth-order valence-corrected chi connectivity index (χ4v) is 7.16. The molecule has 2 heteroatoms. The second kappa shape index (κ2) is 3.03. The van der Waals surface area contributed by atoms with Gasteiger partial charge < -0.3 is 0 Å². The van der Waals surface area contributed by atoms with Crippen molar-refractivity contribution in [3.05, 3.63) is 24.3 Å². The lowest BCUT2D eigenvalue weighted by atomic mass is 9.77. The third kappa shape index (κ3) is 0.889. The number of ketones is 2. The maximum atomic E-state index is 13.0. The van der Waals surface area contributed by atoms with Crippen molar-refractivity contribution < 1.29 is 9.59 Å². The second-order valence-electron chi connectivity index (χ2n) is 7.96. The first-order chi connectivity index (χ1) is 9.75. The zero-order valence-corrected chi connectivity index (χ0v) is 11.3. The van der Waals surface area contributed by atoms with E-state index in [1.165, 1.54) is 0 Å². The van der Waals surface area contributed by atoms with Crippen molar-refractivity contribution in [3.8, 4) is 0 Å². The van der Waals surface area contributed by atoms with E-state index in [2.05, 4.69) is 24.3 Å². The number of rotatable bonds is 0. The molecule has 6 rings (SSSR count). The molecule has 10 atom stereocenters. The van der Waals surface area contributed by atoms with Crippen molar-refractivity contribution in [2.45, 2.75) is 12.8 Å². The molecule has 0 amide bonds. The van der Waals surface area contributed by atoms with Crippen LogP contribution in [-0.4, -0.2) is 11.6 Å². The molecule has 0 saturated heterocycles. The summed E-state index contributed by atoms with van der Waals surface area (Å²) in [6.07, 6.45) is 11.4. The van der Waals surface area contributed by atoms with Gasteiger partial charge in [-0.1, -0.05) is 24.3 Å². The maximum absolute atomic E-state index is 13.0. The molecule has 0 unspecified atom stereocenters. The minimum absolute atomic E-state index is 0.0904. The fourth-order valence-electron chi connectivity index (χ4n) is 7.16. The molecule has 0 radical (unpaired) electrons. The van der Waals surface area contributed by atoms with Gasteiger partial charge in [0.05, 0.1) is 0 Å². The monoisotopic (exact) mass is 266 g/mol. The normalized spacial score (nSPS) is 63.4. The summed E-state index contributed by atoms with van der Waals surface area (Å²) in [5.74, 6) is 4.25. The largest absolute Gasteiger partial charge is 0.299 e. The van der Waals surface area contributed by atoms with E-state index in [4.69, 9.17) is 0 Å². The zero-order valence-electron chi connectivity index (χ0n) is 11.3. The molecule has 20 heavy (non-hydrogen) atoms. The van der Waals surface area contributed by atoms with Gasteiger partial charge in [0.25, 0.3) is 0 Å². The van der Waals surface area contributed by atoms with Crippen LogP contribution in [0.2, 0.25) is 0 Å². The van der Waals surface area contributed by atoms with E-state index in [9.17, 15) is 9.59 Å². The van der Waals surface area contributed by atoms with Crippen molar-refractivity contribution in [1.29, 1.82) is 0 Å². The van der Waals surface area contributed by atoms with E-state index < -0.39 is 0 Å². The molecule has 0 N–H and O–H groups in total. The molecule has 0 aromatic carbocycles. The molecular weight excluding hydrogens is 248 g/mol. The molecule has 0 aromatic rings. The van der Waals surface area contributed by atoms with Gasteiger partial charge in [-0.25, -0.2) is 0 Å². The Kier molecular flexibility index (Phi) is 1.59. The number of hydrogen-bond acceptors (Lipinski definition) is 2. The standard InChI is InChI=1S/C18H18O2/c19-17-13-9-3-1-7(5-9)11(13)15-16(17)12-8-2-4-10(6-8)14(12)18(15)20/h1-4,7-16H,5-6H2/t7-,8-,9-,10-,11-,12-,13+,14+,15-,16+/m0/s1. The van der Waals surface area contributed by atoms with Gasteiger partial charge in [-0.2, -0.15) is 0 Å². The van der Waals surface area contributed by atoms with Crippen LogP contribution in [0.4, 0.5) is 0 Å². The Morgan fingerprint density at radius 1 is 0.600 bits per heavy atom. The van der Waals surface area contributed by atoms with Gasteiger partial charge in [-0.15, -0.1) is 0 Å². The van der Waals surface area contributed by atoms with Crippen LogP contribution in [0, 0.1) is 59.2 Å². The lowest BCUT2D eigenvalue weighted by Crippen LogP contribution is -2.30. The van der Waals surface area contributed by atoms with Crippen LogP contribution in [0.3, 0.4) is 0 Å². The summed E-state index contributed by atoms with van der Waals surface area (Å²) in [5.41, 5.74) is 0. The SMILES string of the molecule is O=C1[C@H]2[C@@H](C(=O)[C@H]3[C@@H]2[C@H]2C=C[C@H]3C2)[C@@H]2[C@H]1[C@H]1C=C[C@H]2C1. The van der Waals surface area contributed by atoms with Gasteiger partial charge in [-0.05, 0) is 48.3 Å². The van der Waals surface area contributed by atoms with Gasteiger partial charge in [0.15, 0.2) is 0 Å². The van der Waals surface area contributed by atoms with E-state index in [1.807, 2.05) is 0 Å². The third-order valence-corrected chi connectivity index (χ3v) is 7.57. The summed E-state index contributed by atoms with van der Waals surface area (Å²) in [6, 6.07) is 0. The van der Waals surface area contributed by atoms with Crippen LogP contribution in [0.5, 0.6) is 0 Å². The summed E-state index contributed by atoms with van der Waals surface area (Å²) < 4.78 is 0. The molecule has 4 saturated carbocycles. The summed E-state index contributed by atoms with van der Waals surface area (Å²) in [7, 11) is 0. The fraction of sp³-hybridized carbons (Fsp3) is 0.667. The van der Waals surface area contributed by atoms with Crippen LogP contribution in [-0.2, 0) is 9.59 Å². The highest BCUT2D eigenvalue weighted by molar-refractivity contribution is 6.01. The highest BCUT2D eigenvalue weighted by Gasteiger charge is 2.71. The topological polar surface area (TPSA) is 34.1 Å². The van der Waals surface area contributed by atoms with Crippen LogP contribution in [0.25, 0.3) is 0 Å². The first kappa shape index (κ1) is 10.5. The summed E-state index contributed by atoms with van der Waals surface area (Å²) >= 11 is 0.